The molecule has 1 aliphatic carbocycles. The van der Waals surface area contributed by atoms with Gasteiger partial charge >= 0.3 is 0 Å². The lowest BCUT2D eigenvalue weighted by molar-refractivity contribution is -0.113. The lowest BCUT2D eigenvalue weighted by Crippen LogP contribution is -2.14. The number of hydrogen-bond acceptors (Lipinski definition) is 5. The summed E-state index contributed by atoms with van der Waals surface area (Å²) in [5, 5.41) is 12.2. The van der Waals surface area contributed by atoms with Gasteiger partial charge in [0.05, 0.1) is 5.75 Å². The van der Waals surface area contributed by atoms with Crippen molar-refractivity contribution >= 4 is 29.1 Å². The molecule has 1 aromatic heterocycles. The van der Waals surface area contributed by atoms with Gasteiger partial charge in [-0.15, -0.1) is 10.2 Å². The van der Waals surface area contributed by atoms with Crippen LogP contribution in [0.5, 0.6) is 0 Å². The third-order valence-corrected chi connectivity index (χ3v) is 6.35. The Morgan fingerprint density at radius 3 is 2.54 bits per heavy atom. The predicted octanol–water partition coefficient (Wildman–Crippen LogP) is 4.26. The maximum absolute atomic E-state index is 12.2. The van der Waals surface area contributed by atoms with Gasteiger partial charge in [-0.1, -0.05) is 43.9 Å². The molecule has 3 rings (SSSR count). The first-order valence-electron chi connectivity index (χ1n) is 9.95. The fourth-order valence-electron chi connectivity index (χ4n) is 3.61. The molecule has 6 nitrogen and oxygen atoms in total. The van der Waals surface area contributed by atoms with E-state index in [9.17, 15) is 9.59 Å². The van der Waals surface area contributed by atoms with Crippen LogP contribution in [0.15, 0.2) is 29.4 Å². The minimum absolute atomic E-state index is 0.00926. The number of carbonyl (C=O) groups excluding carboxylic acids is 2. The van der Waals surface area contributed by atoms with Crippen LogP contribution in [0.4, 0.5) is 5.69 Å². The van der Waals surface area contributed by atoms with E-state index in [0.29, 0.717) is 11.3 Å². The van der Waals surface area contributed by atoms with Crippen LogP contribution in [0.2, 0.25) is 0 Å². The van der Waals surface area contributed by atoms with Crippen LogP contribution in [0.3, 0.4) is 0 Å². The number of aromatic nitrogens is 3. The fraction of sp³-hybridized carbons (Fsp3) is 0.524. The molecular formula is C21H28N4O2S. The zero-order valence-corrected chi connectivity index (χ0v) is 17.4. The first-order valence-corrected chi connectivity index (χ1v) is 10.9. The van der Waals surface area contributed by atoms with Gasteiger partial charge in [-0.3, -0.25) is 9.59 Å². The summed E-state index contributed by atoms with van der Waals surface area (Å²) in [6.07, 6.45) is 8.90. The number of nitrogens with zero attached hydrogens (tertiary/aromatic N) is 3. The number of Topliss-reactive ketones (excluding diaryl/α,β-unsaturated/α-hetero) is 1. The summed E-state index contributed by atoms with van der Waals surface area (Å²) in [4.78, 5) is 23.5. The highest BCUT2D eigenvalue weighted by atomic mass is 32.2. The van der Waals surface area contributed by atoms with Gasteiger partial charge in [-0.05, 0) is 43.5 Å². The molecule has 1 amide bonds. The Hall–Kier alpha value is -2.15. The van der Waals surface area contributed by atoms with Crippen molar-refractivity contribution in [2.24, 2.45) is 13.0 Å². The standard InChI is InChI=1S/C21H28N4O2S/c1-15(26)17-9-11-18(12-10-17)22-20(27)14-28-21-24-23-19(25(21)2)13-8-16-6-4-3-5-7-16/h9-12,16H,3-8,13-14H2,1-2H3,(H,22,27). The van der Waals surface area contributed by atoms with Gasteiger partial charge in [-0.25, -0.2) is 0 Å². The van der Waals surface area contributed by atoms with Crippen molar-refractivity contribution in [3.05, 3.63) is 35.7 Å². The molecule has 0 unspecified atom stereocenters. The smallest absolute Gasteiger partial charge is 0.234 e. The van der Waals surface area contributed by atoms with Gasteiger partial charge in [-0.2, -0.15) is 0 Å². The summed E-state index contributed by atoms with van der Waals surface area (Å²) in [5.41, 5.74) is 1.31. The van der Waals surface area contributed by atoms with Crippen molar-refractivity contribution in [2.75, 3.05) is 11.1 Å². The van der Waals surface area contributed by atoms with Crippen LogP contribution in [-0.2, 0) is 18.3 Å². The molecule has 1 aromatic carbocycles. The van der Waals surface area contributed by atoms with Crippen LogP contribution in [-0.4, -0.2) is 32.2 Å². The van der Waals surface area contributed by atoms with Crippen LogP contribution in [0.25, 0.3) is 0 Å². The summed E-state index contributed by atoms with van der Waals surface area (Å²) in [6, 6.07) is 6.91. The molecule has 150 valence electrons. The van der Waals surface area contributed by atoms with E-state index in [1.807, 2.05) is 11.6 Å². The molecule has 7 heteroatoms. The van der Waals surface area contributed by atoms with E-state index < -0.39 is 0 Å². The van der Waals surface area contributed by atoms with Gasteiger partial charge in [0.2, 0.25) is 5.91 Å². The van der Waals surface area contributed by atoms with Crippen molar-refractivity contribution in [2.45, 2.75) is 57.0 Å². The van der Waals surface area contributed by atoms with Crippen molar-refractivity contribution in [1.29, 1.82) is 0 Å². The van der Waals surface area contributed by atoms with Crippen LogP contribution < -0.4 is 5.32 Å². The monoisotopic (exact) mass is 400 g/mol. The molecule has 0 spiro atoms. The second kappa shape index (κ2) is 9.87. The molecule has 1 saturated carbocycles. The van der Waals surface area contributed by atoms with E-state index in [-0.39, 0.29) is 17.4 Å². The highest BCUT2D eigenvalue weighted by Crippen LogP contribution is 2.27. The zero-order valence-electron chi connectivity index (χ0n) is 16.6. The van der Waals surface area contributed by atoms with E-state index in [2.05, 4.69) is 15.5 Å². The summed E-state index contributed by atoms with van der Waals surface area (Å²) in [7, 11) is 1.97. The number of aryl methyl sites for hydroxylation is 1. The van der Waals surface area contributed by atoms with Crippen molar-refractivity contribution in [3.8, 4) is 0 Å². The van der Waals surface area contributed by atoms with Crippen LogP contribution in [0.1, 0.15) is 61.6 Å². The quantitative estimate of drug-likeness (QED) is 0.529. The summed E-state index contributed by atoms with van der Waals surface area (Å²) in [6.45, 7) is 1.52. The topological polar surface area (TPSA) is 76.9 Å². The molecule has 0 saturated heterocycles. The minimum Gasteiger partial charge on any atom is -0.325 e. The Kier molecular flexibility index (Phi) is 7.25. The Balaban J connectivity index is 1.46. The van der Waals surface area contributed by atoms with Gasteiger partial charge in [0.25, 0.3) is 0 Å². The highest BCUT2D eigenvalue weighted by Gasteiger charge is 2.16. The predicted molar refractivity (Wildman–Crippen MR) is 112 cm³/mol. The molecule has 0 aliphatic heterocycles. The number of benzene rings is 1. The Morgan fingerprint density at radius 1 is 1.14 bits per heavy atom. The Bertz CT molecular complexity index is 810. The molecule has 0 radical (unpaired) electrons. The number of nitrogens with one attached hydrogen (secondary N) is 1. The molecule has 1 heterocycles. The van der Waals surface area contributed by atoms with Crippen LogP contribution in [0, 0.1) is 5.92 Å². The first kappa shape index (κ1) is 20.6. The fourth-order valence-corrected chi connectivity index (χ4v) is 4.34. The third-order valence-electron chi connectivity index (χ3n) is 5.33. The van der Waals surface area contributed by atoms with Gasteiger partial charge in [0.1, 0.15) is 5.82 Å². The van der Waals surface area contributed by atoms with E-state index in [1.165, 1.54) is 57.2 Å². The second-order valence-corrected chi connectivity index (χ2v) is 8.41. The number of amides is 1. The normalized spacial score (nSPS) is 14.8. The maximum atomic E-state index is 12.2. The number of hydrogen-bond donors (Lipinski definition) is 1. The molecule has 1 aliphatic rings. The number of carbonyl (C=O) groups is 2. The minimum atomic E-state index is -0.104. The Labute approximate surface area is 170 Å². The van der Waals surface area contributed by atoms with Crippen LogP contribution >= 0.6 is 11.8 Å². The lowest BCUT2D eigenvalue weighted by Gasteiger charge is -2.20. The average Bonchev–Trinajstić information content (AvgIpc) is 3.05. The molecule has 2 aromatic rings. The summed E-state index contributed by atoms with van der Waals surface area (Å²) >= 11 is 1.39. The largest absolute Gasteiger partial charge is 0.325 e. The number of anilines is 1. The van der Waals surface area contributed by atoms with Gasteiger partial charge in [0, 0.05) is 24.7 Å². The number of rotatable bonds is 8. The van der Waals surface area contributed by atoms with Gasteiger partial charge < -0.3 is 9.88 Å². The summed E-state index contributed by atoms with van der Waals surface area (Å²) < 4.78 is 2.00. The highest BCUT2D eigenvalue weighted by molar-refractivity contribution is 7.99. The van der Waals surface area contributed by atoms with E-state index >= 15 is 0 Å². The second-order valence-electron chi connectivity index (χ2n) is 7.47. The average molecular weight is 401 g/mol. The Morgan fingerprint density at radius 2 is 1.86 bits per heavy atom. The van der Waals surface area contributed by atoms with E-state index in [0.717, 1.165) is 23.3 Å². The maximum Gasteiger partial charge on any atom is 0.234 e. The molecule has 0 bridgehead atoms. The first-order chi connectivity index (χ1) is 13.5. The molecule has 1 fully saturated rings. The molecule has 0 atom stereocenters. The van der Waals surface area contributed by atoms with Crippen molar-refractivity contribution < 1.29 is 9.59 Å². The van der Waals surface area contributed by atoms with Crippen molar-refractivity contribution in [3.63, 3.8) is 0 Å². The number of thioether (sulfide) groups is 1. The molecule has 28 heavy (non-hydrogen) atoms. The molecule has 1 N–H and O–H groups in total. The number of ketones is 1. The zero-order chi connectivity index (χ0) is 19.9. The van der Waals surface area contributed by atoms with E-state index in [1.54, 1.807) is 24.3 Å². The summed E-state index contributed by atoms with van der Waals surface area (Å²) in [5.74, 6) is 1.99. The molecular weight excluding hydrogens is 372 g/mol. The van der Waals surface area contributed by atoms with E-state index in [4.69, 9.17) is 0 Å². The lowest BCUT2D eigenvalue weighted by atomic mass is 9.86. The third kappa shape index (κ3) is 5.67. The van der Waals surface area contributed by atoms with Gasteiger partial charge in [0.15, 0.2) is 10.9 Å². The SMILES string of the molecule is CC(=O)c1ccc(NC(=O)CSc2nnc(CCC3CCCCC3)n2C)cc1. The van der Waals surface area contributed by atoms with Crippen molar-refractivity contribution in [1.82, 2.24) is 14.8 Å².